The Kier molecular flexibility index (Phi) is 77.6. The molecular weight excluding hydrogens is 1240 g/mol. The van der Waals surface area contributed by atoms with E-state index in [1.165, 1.54) is 148 Å². The second-order valence-corrected chi connectivity index (χ2v) is 27.3. The highest BCUT2D eigenvalue weighted by atomic mass is 31.2. The van der Waals surface area contributed by atoms with Crippen molar-refractivity contribution in [3.8, 4) is 0 Å². The molecule has 2 atom stereocenters. The van der Waals surface area contributed by atoms with E-state index in [1.807, 2.05) is 0 Å². The third-order valence-electron chi connectivity index (χ3n) is 16.5. The molecule has 0 fully saturated rings. The maximum atomic E-state index is 12.8. The summed E-state index contributed by atoms with van der Waals surface area (Å²) in [5, 5.41) is 0. The molecule has 0 spiro atoms. The fourth-order valence-corrected chi connectivity index (χ4v) is 11.4. The number of phosphoric acid groups is 1. The van der Waals surface area contributed by atoms with Gasteiger partial charge in [-0.25, -0.2) is 4.57 Å². The van der Waals surface area contributed by atoms with Gasteiger partial charge in [0.05, 0.1) is 13.2 Å². The summed E-state index contributed by atoms with van der Waals surface area (Å²) < 4.78 is 33.3. The molecule has 0 saturated heterocycles. The van der Waals surface area contributed by atoms with Crippen LogP contribution in [-0.2, 0) is 32.7 Å². The third kappa shape index (κ3) is 81.7. The van der Waals surface area contributed by atoms with Crippen molar-refractivity contribution < 1.29 is 37.6 Å². The van der Waals surface area contributed by atoms with Crippen LogP contribution >= 0.6 is 7.82 Å². The first-order valence-electron chi connectivity index (χ1n) is 39.9. The van der Waals surface area contributed by atoms with Crippen molar-refractivity contribution in [3.05, 3.63) is 194 Å². The van der Waals surface area contributed by atoms with E-state index in [1.54, 1.807) is 0 Å². The fourth-order valence-electron chi connectivity index (χ4n) is 10.7. The second-order valence-electron chi connectivity index (χ2n) is 25.8. The van der Waals surface area contributed by atoms with Gasteiger partial charge >= 0.3 is 19.8 Å². The molecule has 0 aromatic carbocycles. The lowest BCUT2D eigenvalue weighted by molar-refractivity contribution is -0.161. The molecule has 3 N–H and O–H groups in total. The lowest BCUT2D eigenvalue weighted by atomic mass is 10.0. The monoisotopic (exact) mass is 1390 g/mol. The Balaban J connectivity index is 3.89. The van der Waals surface area contributed by atoms with Gasteiger partial charge in [0.15, 0.2) is 6.10 Å². The minimum Gasteiger partial charge on any atom is -0.462 e. The van der Waals surface area contributed by atoms with Gasteiger partial charge in [-0.2, -0.15) is 0 Å². The SMILES string of the molecule is CC/C=C\C/C=C\C/C=C\C/C=C\C/C=C\C/C=C\C/C=C\C/C=C\CCCCCCCCCCCCCCCCC(=O)OCC(COP(=O)(O)OCCN)OC(=O)CCCCCCCCCCCCCCCC/C=C\C/C=C\C/C=C\C/C=C\C/C=C\C/C=C\C/C=C\C/C=C\CC. The van der Waals surface area contributed by atoms with Gasteiger partial charge in [0.2, 0.25) is 0 Å². The summed E-state index contributed by atoms with van der Waals surface area (Å²) in [7, 11) is -4.41. The fraction of sp³-hybridized carbons (Fsp3) is 0.618. The Morgan fingerprint density at radius 3 is 0.778 bits per heavy atom. The molecule has 99 heavy (non-hydrogen) atoms. The molecule has 9 nitrogen and oxygen atoms in total. The second kappa shape index (κ2) is 81.8. The summed E-state index contributed by atoms with van der Waals surface area (Å²) in [6.45, 7) is 3.52. The maximum absolute atomic E-state index is 12.8. The summed E-state index contributed by atoms with van der Waals surface area (Å²) in [6, 6.07) is 0. The van der Waals surface area contributed by atoms with Crippen molar-refractivity contribution in [1.82, 2.24) is 0 Å². The molecule has 0 aliphatic rings. The van der Waals surface area contributed by atoms with Crippen LogP contribution < -0.4 is 5.73 Å². The first-order valence-corrected chi connectivity index (χ1v) is 41.4. The van der Waals surface area contributed by atoms with Crippen LogP contribution in [0.3, 0.4) is 0 Å². The van der Waals surface area contributed by atoms with Crippen molar-refractivity contribution in [3.63, 3.8) is 0 Å². The quantitative estimate of drug-likeness (QED) is 0.0264. The summed E-state index contributed by atoms with van der Waals surface area (Å²) in [5.41, 5.74) is 5.42. The minimum atomic E-state index is -4.41. The number of hydrogen-bond donors (Lipinski definition) is 2. The molecule has 0 aromatic heterocycles. The van der Waals surface area contributed by atoms with E-state index >= 15 is 0 Å². The van der Waals surface area contributed by atoms with E-state index in [2.05, 4.69) is 208 Å². The zero-order valence-corrected chi connectivity index (χ0v) is 64.0. The van der Waals surface area contributed by atoms with Gasteiger partial charge in [-0.3, -0.25) is 18.6 Å². The normalized spacial score (nSPS) is 13.9. The topological polar surface area (TPSA) is 134 Å². The van der Waals surface area contributed by atoms with Gasteiger partial charge in [0.1, 0.15) is 6.61 Å². The lowest BCUT2D eigenvalue weighted by Crippen LogP contribution is -2.29. The molecule has 0 heterocycles. The third-order valence-corrected chi connectivity index (χ3v) is 17.5. The first kappa shape index (κ1) is 93.8. The maximum Gasteiger partial charge on any atom is 0.472 e. The number of nitrogens with two attached hydrogens (primary N) is 1. The Morgan fingerprint density at radius 1 is 0.303 bits per heavy atom. The Labute approximate surface area is 608 Å². The number of unbranched alkanes of at least 4 members (excludes halogenated alkanes) is 28. The highest BCUT2D eigenvalue weighted by Crippen LogP contribution is 2.43. The van der Waals surface area contributed by atoms with Crippen LogP contribution in [0.4, 0.5) is 0 Å². The zero-order valence-electron chi connectivity index (χ0n) is 63.2. The van der Waals surface area contributed by atoms with Crippen LogP contribution in [0.1, 0.15) is 322 Å². The number of rotatable bonds is 73. The van der Waals surface area contributed by atoms with Crippen LogP contribution in [0.15, 0.2) is 194 Å². The summed E-state index contributed by atoms with van der Waals surface area (Å²) >= 11 is 0. The molecule has 2 unspecified atom stereocenters. The highest BCUT2D eigenvalue weighted by molar-refractivity contribution is 7.47. The summed E-state index contributed by atoms with van der Waals surface area (Å²) in [5.74, 6) is -0.830. The van der Waals surface area contributed by atoms with E-state index in [4.69, 9.17) is 24.3 Å². The number of allylic oxidation sites excluding steroid dienone is 32. The Morgan fingerprint density at radius 2 is 0.525 bits per heavy atom. The average molecular weight is 1390 g/mol. The van der Waals surface area contributed by atoms with E-state index in [0.29, 0.717) is 6.42 Å². The number of phosphoric ester groups is 1. The minimum absolute atomic E-state index is 0.0464. The van der Waals surface area contributed by atoms with Crippen LogP contribution in [0, 0.1) is 0 Å². The molecule has 0 saturated carbocycles. The van der Waals surface area contributed by atoms with E-state index in [0.717, 1.165) is 141 Å². The van der Waals surface area contributed by atoms with E-state index in [9.17, 15) is 19.0 Å². The number of carbonyl (C=O) groups is 2. The standard InChI is InChI=1S/C89H146NO8P/c1-3-5-7-9-11-13-15-17-19-21-23-25-27-29-31-33-35-37-39-41-43-45-47-49-51-53-55-57-59-61-63-65-67-69-71-73-75-77-79-81-88(91)95-85-87(86-97-99(93,94)96-84-83-90)98-89(92)82-80-78-76-74-72-70-68-66-64-62-60-58-56-54-52-50-48-46-44-42-40-38-36-34-32-30-28-26-24-22-20-18-16-14-12-10-8-6-4-2/h5-8,11-14,17-20,23-26,29-32,35-38,41-44,47-50,87H,3-4,9-10,15-16,21-22,27-28,33-34,39-40,45-46,51-86,90H2,1-2H3,(H,93,94)/b7-5-,8-6-,13-11-,14-12-,19-17-,20-18-,25-23-,26-24-,31-29-,32-30-,37-35-,38-36-,43-41-,44-42-,49-47-,50-48-. The number of carbonyl (C=O) groups excluding carboxylic acids is 2. The molecule has 0 bridgehead atoms. The average Bonchev–Trinajstić information content (AvgIpc) is 1.52. The molecular formula is C89H146NO8P. The number of ether oxygens (including phenoxy) is 2. The molecule has 0 aliphatic carbocycles. The van der Waals surface area contributed by atoms with Gasteiger partial charge in [-0.05, 0) is 141 Å². The smallest absolute Gasteiger partial charge is 0.462 e. The molecule has 0 aliphatic heterocycles. The van der Waals surface area contributed by atoms with Crippen LogP contribution in [0.2, 0.25) is 0 Å². The molecule has 10 heteroatoms. The van der Waals surface area contributed by atoms with Gasteiger partial charge in [0, 0.05) is 19.4 Å². The summed E-state index contributed by atoms with van der Waals surface area (Å²) in [4.78, 5) is 35.5. The van der Waals surface area contributed by atoms with Crippen molar-refractivity contribution in [2.45, 2.75) is 328 Å². The molecule has 0 amide bonds. The van der Waals surface area contributed by atoms with Crippen LogP contribution in [-0.4, -0.2) is 49.3 Å². The molecule has 560 valence electrons. The van der Waals surface area contributed by atoms with E-state index in [-0.39, 0.29) is 38.6 Å². The van der Waals surface area contributed by atoms with Crippen molar-refractivity contribution in [2.24, 2.45) is 5.73 Å². The van der Waals surface area contributed by atoms with Gasteiger partial charge in [0.25, 0.3) is 0 Å². The van der Waals surface area contributed by atoms with Crippen LogP contribution in [0.25, 0.3) is 0 Å². The van der Waals surface area contributed by atoms with Crippen molar-refractivity contribution in [1.29, 1.82) is 0 Å². The van der Waals surface area contributed by atoms with E-state index < -0.39 is 26.5 Å². The Hall–Kier alpha value is -5.15. The van der Waals surface area contributed by atoms with Gasteiger partial charge in [-0.15, -0.1) is 0 Å². The lowest BCUT2D eigenvalue weighted by Gasteiger charge is -2.19. The summed E-state index contributed by atoms with van der Waals surface area (Å²) in [6.07, 6.45) is 124. The van der Waals surface area contributed by atoms with Crippen molar-refractivity contribution in [2.75, 3.05) is 26.4 Å². The van der Waals surface area contributed by atoms with Crippen LogP contribution in [0.5, 0.6) is 0 Å². The zero-order chi connectivity index (χ0) is 71.5. The Bertz CT molecular complexity index is 2340. The largest absolute Gasteiger partial charge is 0.472 e. The highest BCUT2D eigenvalue weighted by Gasteiger charge is 2.26. The number of hydrogen-bond acceptors (Lipinski definition) is 8. The van der Waals surface area contributed by atoms with Crippen molar-refractivity contribution >= 4 is 19.8 Å². The number of esters is 2. The van der Waals surface area contributed by atoms with Gasteiger partial charge < -0.3 is 20.1 Å². The molecule has 0 rings (SSSR count). The molecule has 0 aromatic rings. The first-order chi connectivity index (χ1) is 48.8. The van der Waals surface area contributed by atoms with Gasteiger partial charge in [-0.1, -0.05) is 362 Å². The predicted octanol–water partition coefficient (Wildman–Crippen LogP) is 27.2. The predicted molar refractivity (Wildman–Crippen MR) is 431 cm³/mol. The molecule has 0 radical (unpaired) electrons.